The highest BCUT2D eigenvalue weighted by Gasteiger charge is 2.28. The van der Waals surface area contributed by atoms with Crippen LogP contribution in [0.1, 0.15) is 37.9 Å². The summed E-state index contributed by atoms with van der Waals surface area (Å²) in [5, 5.41) is 16.5. The summed E-state index contributed by atoms with van der Waals surface area (Å²) in [6, 6.07) is 7.07. The van der Waals surface area contributed by atoms with Crippen LogP contribution in [0.3, 0.4) is 0 Å². The van der Waals surface area contributed by atoms with E-state index < -0.39 is 25.1 Å². The Morgan fingerprint density at radius 1 is 1.33 bits per heavy atom. The van der Waals surface area contributed by atoms with E-state index in [9.17, 15) is 9.50 Å². The molecule has 5 atom stereocenters. The van der Waals surface area contributed by atoms with Crippen LogP contribution in [0.2, 0.25) is 0 Å². The van der Waals surface area contributed by atoms with Gasteiger partial charge in [-0.2, -0.15) is 5.11 Å². The molecule has 0 amide bonds. The Bertz CT molecular complexity index is 980. The zero-order valence-corrected chi connectivity index (χ0v) is 21.0. The van der Waals surface area contributed by atoms with Gasteiger partial charge >= 0.3 is 0 Å². The van der Waals surface area contributed by atoms with Gasteiger partial charge in [0.05, 0.1) is 17.8 Å². The van der Waals surface area contributed by atoms with Crippen LogP contribution in [0.4, 0.5) is 10.3 Å². The highest BCUT2D eigenvalue weighted by Crippen LogP contribution is 2.26. The average Bonchev–Trinajstić information content (AvgIpc) is 2.88. The van der Waals surface area contributed by atoms with Crippen molar-refractivity contribution in [1.82, 2.24) is 20.2 Å². The molecule has 10 nitrogen and oxygen atoms in total. The van der Waals surface area contributed by atoms with Gasteiger partial charge in [0.1, 0.15) is 12.8 Å². The molecule has 2 heterocycles. The number of aromatic nitrogens is 2. The van der Waals surface area contributed by atoms with Crippen LogP contribution in [0.25, 0.3) is 11.1 Å². The van der Waals surface area contributed by atoms with Crippen LogP contribution in [0.5, 0.6) is 0 Å². The van der Waals surface area contributed by atoms with E-state index in [1.165, 1.54) is 7.11 Å². The minimum Gasteiger partial charge on any atom is -0.381 e. The molecule has 0 aliphatic carbocycles. The van der Waals surface area contributed by atoms with E-state index in [2.05, 4.69) is 25.3 Å². The van der Waals surface area contributed by atoms with Crippen molar-refractivity contribution in [2.24, 2.45) is 5.11 Å². The molecule has 1 aliphatic heterocycles. The molecule has 2 aromatic rings. The van der Waals surface area contributed by atoms with Crippen molar-refractivity contribution in [3.63, 3.8) is 0 Å². The quantitative estimate of drug-likeness (QED) is 0.324. The Morgan fingerprint density at radius 3 is 2.61 bits per heavy atom. The van der Waals surface area contributed by atoms with Crippen molar-refractivity contribution < 1.29 is 19.0 Å². The number of benzene rings is 1. The summed E-state index contributed by atoms with van der Waals surface area (Å²) in [6.07, 6.45) is 5.43. The van der Waals surface area contributed by atoms with Gasteiger partial charge in [-0.05, 0) is 31.5 Å². The molecule has 11 heteroatoms. The van der Waals surface area contributed by atoms with E-state index in [4.69, 9.17) is 20.7 Å². The maximum Gasteiger partial charge on any atom is 0.219 e. The number of nitrogen functional groups attached to an aromatic ring is 1. The molecule has 36 heavy (non-hydrogen) atoms. The van der Waals surface area contributed by atoms with Gasteiger partial charge in [0.15, 0.2) is 6.29 Å². The Hall–Kier alpha value is -2.99. The summed E-state index contributed by atoms with van der Waals surface area (Å²) in [5.74, 6) is 0.210. The first-order valence-corrected chi connectivity index (χ1v) is 12.0. The largest absolute Gasteiger partial charge is 0.381 e. The summed E-state index contributed by atoms with van der Waals surface area (Å²) in [5.41, 5.74) is 16.1. The lowest BCUT2D eigenvalue weighted by Crippen LogP contribution is -2.43. The third-order valence-corrected chi connectivity index (χ3v) is 6.45. The van der Waals surface area contributed by atoms with Crippen LogP contribution in [-0.2, 0) is 9.47 Å². The number of rotatable bonds is 12. The Labute approximate surface area is 211 Å². The third-order valence-electron chi connectivity index (χ3n) is 6.45. The fourth-order valence-corrected chi connectivity index (χ4v) is 4.39. The summed E-state index contributed by atoms with van der Waals surface area (Å²) in [6.45, 7) is 1.91. The van der Waals surface area contributed by atoms with Crippen molar-refractivity contribution in [3.05, 3.63) is 54.1 Å². The zero-order valence-electron chi connectivity index (χ0n) is 21.0. The van der Waals surface area contributed by atoms with E-state index in [1.54, 1.807) is 18.6 Å². The maximum absolute atomic E-state index is 14.0. The second-order valence-corrected chi connectivity index (χ2v) is 9.04. The van der Waals surface area contributed by atoms with Crippen LogP contribution in [0.15, 0.2) is 53.7 Å². The molecule has 1 aromatic heterocycles. The molecule has 1 aromatic carbocycles. The predicted octanol–water partition coefficient (Wildman–Crippen LogP) is 3.42. The van der Waals surface area contributed by atoms with Gasteiger partial charge in [-0.3, -0.25) is 0 Å². The van der Waals surface area contributed by atoms with E-state index >= 15 is 0 Å². The lowest BCUT2D eigenvalue weighted by molar-refractivity contribution is -0.173. The molecule has 3 rings (SSSR count). The number of hydrogen-bond donors (Lipinski definition) is 4. The predicted molar refractivity (Wildman–Crippen MR) is 135 cm³/mol. The van der Waals surface area contributed by atoms with E-state index in [1.807, 2.05) is 38.2 Å². The number of nitrogens with zero attached hydrogens (tertiary/aromatic N) is 4. The lowest BCUT2D eigenvalue weighted by atomic mass is 9.99. The van der Waals surface area contributed by atoms with Crippen molar-refractivity contribution in [2.75, 3.05) is 33.1 Å². The second kappa shape index (κ2) is 13.4. The molecule has 0 unspecified atom stereocenters. The van der Waals surface area contributed by atoms with Gasteiger partial charge in [-0.15, -0.1) is 0 Å². The molecular weight excluding hydrogens is 465 g/mol. The number of aliphatic hydroxyl groups is 1. The summed E-state index contributed by atoms with van der Waals surface area (Å²) in [4.78, 5) is 10.2. The van der Waals surface area contributed by atoms with Gasteiger partial charge < -0.3 is 30.5 Å². The zero-order chi connectivity index (χ0) is 26.1. The smallest absolute Gasteiger partial charge is 0.219 e. The van der Waals surface area contributed by atoms with Gasteiger partial charge in [0, 0.05) is 56.7 Å². The number of nitrogens with one attached hydrogen (secondary N) is 2. The first kappa shape index (κ1) is 27.6. The second-order valence-electron chi connectivity index (χ2n) is 9.04. The molecule has 1 fully saturated rings. The van der Waals surface area contributed by atoms with Crippen molar-refractivity contribution in [3.8, 4) is 11.1 Å². The van der Waals surface area contributed by atoms with Crippen LogP contribution in [0, 0.1) is 5.53 Å². The Morgan fingerprint density at radius 2 is 2.03 bits per heavy atom. The number of aliphatic hydroxyl groups excluding tert-OH is 1. The molecule has 0 bridgehead atoms. The van der Waals surface area contributed by atoms with Crippen LogP contribution >= 0.6 is 0 Å². The van der Waals surface area contributed by atoms with Gasteiger partial charge in [-0.25, -0.2) is 19.9 Å². The number of anilines is 1. The number of hydrogen-bond acceptors (Lipinski definition) is 10. The van der Waals surface area contributed by atoms with Crippen LogP contribution in [-0.4, -0.2) is 71.8 Å². The van der Waals surface area contributed by atoms with Gasteiger partial charge in [0.2, 0.25) is 5.95 Å². The minimum atomic E-state index is -0.760. The molecule has 1 aliphatic rings. The first-order chi connectivity index (χ1) is 17.3. The number of alkyl halides is 1. The molecule has 196 valence electrons. The normalized spacial score (nSPS) is 22.3. The number of methoxy groups -OCH3 is 1. The van der Waals surface area contributed by atoms with E-state index in [-0.39, 0.29) is 18.1 Å². The SMILES string of the molecule is CO[C@H](c1ccc(-c2cnc(N)nc2)cc1)[C@@H](CF)N/C=C(/CCN(C)[C@H]1C[C@@H](C)O[C@@H](O)C1)N=N. The van der Waals surface area contributed by atoms with E-state index in [0.29, 0.717) is 25.1 Å². The van der Waals surface area contributed by atoms with Crippen molar-refractivity contribution >= 4 is 5.95 Å². The molecule has 0 saturated carbocycles. The van der Waals surface area contributed by atoms with Gasteiger partial charge in [-0.1, -0.05) is 24.3 Å². The van der Waals surface area contributed by atoms with Gasteiger partial charge in [0.25, 0.3) is 0 Å². The van der Waals surface area contributed by atoms with E-state index in [0.717, 1.165) is 23.1 Å². The number of nitrogens with two attached hydrogens (primary N) is 1. The monoisotopic (exact) mass is 501 g/mol. The Balaban J connectivity index is 1.61. The fourth-order valence-electron chi connectivity index (χ4n) is 4.39. The molecular formula is C25H36FN7O3. The third kappa shape index (κ3) is 7.50. The minimum absolute atomic E-state index is 0.0103. The summed E-state index contributed by atoms with van der Waals surface area (Å²) in [7, 11) is 3.52. The Kier molecular flexibility index (Phi) is 10.2. The van der Waals surface area contributed by atoms with Crippen molar-refractivity contribution in [1.29, 1.82) is 5.53 Å². The average molecular weight is 502 g/mol. The maximum atomic E-state index is 14.0. The standard InChI is InChI=1S/C25H36FN7O3/c1-16-10-21(11-23(34)36-16)33(2)9-8-20(32-28)15-29-22(12-26)24(35-3)18-6-4-17(5-7-18)19-13-30-25(27)31-14-19/h4-7,13-16,21-24,28-29,34H,8-12H2,1-3H3,(H2,27,30,31)/b20-15-,32-28?/t16-,21+,22-,23-,24-/m1/s1. The summed E-state index contributed by atoms with van der Waals surface area (Å²) >= 11 is 0. The highest BCUT2D eigenvalue weighted by molar-refractivity contribution is 5.62. The summed E-state index contributed by atoms with van der Waals surface area (Å²) < 4.78 is 25.0. The molecule has 0 radical (unpaired) electrons. The molecule has 5 N–H and O–H groups in total. The fraction of sp³-hybridized carbons (Fsp3) is 0.520. The lowest BCUT2D eigenvalue weighted by Gasteiger charge is -2.36. The van der Waals surface area contributed by atoms with Crippen molar-refractivity contribution in [2.45, 2.75) is 56.8 Å². The number of halogens is 1. The topological polar surface area (TPSA) is 142 Å². The van der Waals surface area contributed by atoms with Crippen LogP contribution < -0.4 is 11.1 Å². The highest BCUT2D eigenvalue weighted by atomic mass is 19.1. The molecule has 0 spiro atoms. The first-order valence-electron chi connectivity index (χ1n) is 12.0. The molecule has 1 saturated heterocycles. The number of ether oxygens (including phenoxy) is 2.